The third kappa shape index (κ3) is 4.73. The molecule has 4 heterocycles. The largest absolute Gasteiger partial charge is 0.508 e. The van der Waals surface area contributed by atoms with Gasteiger partial charge in [-0.15, -0.1) is 0 Å². The monoisotopic (exact) mass is 463 g/mol. The molecule has 2 saturated heterocycles. The van der Waals surface area contributed by atoms with Crippen molar-refractivity contribution in [3.05, 3.63) is 78.4 Å². The van der Waals surface area contributed by atoms with Crippen molar-refractivity contribution >= 4 is 17.3 Å². The SMILES string of the molecule is Oc1ccc(-n2cccc2C2C(c3ccccn3)NC(=S)N2CCCN2CCOCC2)cc1. The first-order chi connectivity index (χ1) is 16.2. The summed E-state index contributed by atoms with van der Waals surface area (Å²) in [4.78, 5) is 9.41. The molecule has 8 heteroatoms. The molecule has 0 radical (unpaired) electrons. The van der Waals surface area contributed by atoms with Gasteiger partial charge in [0.15, 0.2) is 5.11 Å². The molecule has 0 aliphatic carbocycles. The average Bonchev–Trinajstić information content (AvgIpc) is 3.45. The highest BCUT2D eigenvalue weighted by Gasteiger charge is 2.41. The molecule has 5 rings (SSSR count). The second-order valence-electron chi connectivity index (χ2n) is 8.45. The molecule has 2 unspecified atom stereocenters. The fourth-order valence-corrected chi connectivity index (χ4v) is 5.07. The van der Waals surface area contributed by atoms with Gasteiger partial charge in [-0.05, 0) is 67.2 Å². The van der Waals surface area contributed by atoms with E-state index in [9.17, 15) is 5.11 Å². The molecular formula is C25H29N5O2S. The van der Waals surface area contributed by atoms with E-state index in [4.69, 9.17) is 17.0 Å². The fraction of sp³-hybridized carbons (Fsp3) is 0.360. The fourth-order valence-electron chi connectivity index (χ4n) is 4.74. The van der Waals surface area contributed by atoms with Crippen molar-refractivity contribution < 1.29 is 9.84 Å². The number of nitrogens with zero attached hydrogens (tertiary/aromatic N) is 4. The van der Waals surface area contributed by atoms with Gasteiger partial charge < -0.3 is 24.6 Å². The number of aromatic hydroxyl groups is 1. The highest BCUT2D eigenvalue weighted by molar-refractivity contribution is 7.80. The van der Waals surface area contributed by atoms with Crippen LogP contribution in [0.1, 0.15) is 29.9 Å². The van der Waals surface area contributed by atoms with E-state index in [1.165, 1.54) is 0 Å². The molecule has 0 spiro atoms. The molecule has 172 valence electrons. The highest BCUT2D eigenvalue weighted by atomic mass is 32.1. The molecule has 2 aliphatic rings. The van der Waals surface area contributed by atoms with Crippen LogP contribution < -0.4 is 5.32 Å². The lowest BCUT2D eigenvalue weighted by Crippen LogP contribution is -2.39. The Bertz CT molecular complexity index is 1070. The van der Waals surface area contributed by atoms with Gasteiger partial charge in [-0.1, -0.05) is 6.07 Å². The Morgan fingerprint density at radius 1 is 1.03 bits per heavy atom. The Morgan fingerprint density at radius 2 is 1.85 bits per heavy atom. The summed E-state index contributed by atoms with van der Waals surface area (Å²) in [6.07, 6.45) is 4.91. The van der Waals surface area contributed by atoms with Crippen LogP contribution in [0.15, 0.2) is 67.0 Å². The van der Waals surface area contributed by atoms with Gasteiger partial charge in [-0.2, -0.15) is 0 Å². The van der Waals surface area contributed by atoms with E-state index in [0.717, 1.165) is 68.0 Å². The first-order valence-corrected chi connectivity index (χ1v) is 11.9. The van der Waals surface area contributed by atoms with Crippen molar-refractivity contribution in [2.75, 3.05) is 39.4 Å². The van der Waals surface area contributed by atoms with Crippen molar-refractivity contribution in [3.8, 4) is 11.4 Å². The summed E-state index contributed by atoms with van der Waals surface area (Å²) in [5, 5.41) is 14.0. The standard InChI is InChI=1S/C25H29N5O2S/c31-20-9-7-19(8-10-20)29-13-3-6-22(29)24-23(21-5-1-2-11-26-21)27-25(33)30(24)14-4-12-28-15-17-32-18-16-28/h1-3,5-11,13,23-24,31H,4,12,14-18H2,(H,27,33). The van der Waals surface area contributed by atoms with Gasteiger partial charge in [0.25, 0.3) is 0 Å². The molecule has 0 amide bonds. The number of pyridine rings is 1. The second kappa shape index (κ2) is 9.91. The van der Waals surface area contributed by atoms with Gasteiger partial charge in [0.1, 0.15) is 5.75 Å². The predicted molar refractivity (Wildman–Crippen MR) is 131 cm³/mol. The summed E-state index contributed by atoms with van der Waals surface area (Å²) in [6.45, 7) is 5.50. The maximum absolute atomic E-state index is 9.74. The lowest BCUT2D eigenvalue weighted by atomic mass is 10.0. The van der Waals surface area contributed by atoms with Crippen LogP contribution in [-0.4, -0.2) is 69.0 Å². The number of rotatable bonds is 7. The number of phenolic OH excluding ortho intramolecular Hbond substituents is 1. The summed E-state index contributed by atoms with van der Waals surface area (Å²) in [5.41, 5.74) is 3.10. The van der Waals surface area contributed by atoms with Gasteiger partial charge in [0, 0.05) is 50.0 Å². The van der Waals surface area contributed by atoms with Gasteiger partial charge in [0.2, 0.25) is 0 Å². The smallest absolute Gasteiger partial charge is 0.170 e. The lowest BCUT2D eigenvalue weighted by molar-refractivity contribution is 0.0365. The zero-order valence-corrected chi connectivity index (χ0v) is 19.3. The normalized spacial score (nSPS) is 21.3. The summed E-state index contributed by atoms with van der Waals surface area (Å²) in [6, 6.07) is 17.5. The van der Waals surface area contributed by atoms with Gasteiger partial charge in [-0.3, -0.25) is 9.88 Å². The number of hydrogen-bond donors (Lipinski definition) is 2. The van der Waals surface area contributed by atoms with E-state index >= 15 is 0 Å². The third-order valence-electron chi connectivity index (χ3n) is 6.39. The molecule has 2 atom stereocenters. The predicted octanol–water partition coefficient (Wildman–Crippen LogP) is 3.27. The van der Waals surface area contributed by atoms with Crippen LogP contribution in [-0.2, 0) is 4.74 Å². The van der Waals surface area contributed by atoms with Crippen molar-refractivity contribution in [3.63, 3.8) is 0 Å². The van der Waals surface area contributed by atoms with E-state index in [2.05, 4.69) is 49.1 Å². The number of nitrogens with one attached hydrogen (secondary N) is 1. The number of hydrogen-bond acceptors (Lipinski definition) is 5. The minimum absolute atomic E-state index is 0.000826. The number of benzene rings is 1. The number of ether oxygens (including phenoxy) is 1. The quantitative estimate of drug-likeness (QED) is 0.522. The molecule has 2 fully saturated rings. The van der Waals surface area contributed by atoms with Crippen LogP contribution >= 0.6 is 12.2 Å². The maximum atomic E-state index is 9.74. The Balaban J connectivity index is 1.44. The van der Waals surface area contributed by atoms with Gasteiger partial charge in [0.05, 0.1) is 31.0 Å². The third-order valence-corrected chi connectivity index (χ3v) is 6.74. The number of aromatic nitrogens is 2. The molecule has 1 aromatic carbocycles. The average molecular weight is 464 g/mol. The second-order valence-corrected chi connectivity index (χ2v) is 8.83. The number of morpholine rings is 1. The summed E-state index contributed by atoms with van der Waals surface area (Å²) in [5.74, 6) is 0.257. The van der Waals surface area contributed by atoms with Gasteiger partial charge >= 0.3 is 0 Å². The Kier molecular flexibility index (Phi) is 6.57. The summed E-state index contributed by atoms with van der Waals surface area (Å²) < 4.78 is 7.65. The Morgan fingerprint density at radius 3 is 2.61 bits per heavy atom. The molecular weight excluding hydrogens is 434 g/mol. The maximum Gasteiger partial charge on any atom is 0.170 e. The van der Waals surface area contributed by atoms with E-state index in [-0.39, 0.29) is 17.8 Å². The molecule has 3 aromatic rings. The lowest BCUT2D eigenvalue weighted by Gasteiger charge is -2.31. The molecule has 2 N–H and O–H groups in total. The topological polar surface area (TPSA) is 65.8 Å². The molecule has 0 saturated carbocycles. The van der Waals surface area contributed by atoms with E-state index in [0.29, 0.717) is 0 Å². The van der Waals surface area contributed by atoms with Crippen molar-refractivity contribution in [2.45, 2.75) is 18.5 Å². The van der Waals surface area contributed by atoms with Crippen LogP contribution in [0.2, 0.25) is 0 Å². The Labute approximate surface area is 199 Å². The highest BCUT2D eigenvalue weighted by Crippen LogP contribution is 2.39. The van der Waals surface area contributed by atoms with E-state index in [1.54, 1.807) is 12.1 Å². The van der Waals surface area contributed by atoms with E-state index < -0.39 is 0 Å². The minimum atomic E-state index is -0.0483. The van der Waals surface area contributed by atoms with Crippen molar-refractivity contribution in [1.82, 2.24) is 24.7 Å². The first-order valence-electron chi connectivity index (χ1n) is 11.5. The van der Waals surface area contributed by atoms with Crippen LogP contribution in [0, 0.1) is 0 Å². The van der Waals surface area contributed by atoms with Crippen LogP contribution in [0.5, 0.6) is 5.75 Å². The molecule has 2 aliphatic heterocycles. The van der Waals surface area contributed by atoms with Crippen molar-refractivity contribution in [1.29, 1.82) is 0 Å². The number of phenols is 1. The van der Waals surface area contributed by atoms with Gasteiger partial charge in [-0.25, -0.2) is 0 Å². The molecule has 0 bridgehead atoms. The number of thiocarbonyl (C=S) groups is 1. The van der Waals surface area contributed by atoms with Crippen LogP contribution in [0.4, 0.5) is 0 Å². The zero-order valence-electron chi connectivity index (χ0n) is 18.5. The van der Waals surface area contributed by atoms with Crippen molar-refractivity contribution in [2.24, 2.45) is 0 Å². The Hall–Kier alpha value is -2.94. The van der Waals surface area contributed by atoms with Crippen LogP contribution in [0.3, 0.4) is 0 Å². The van der Waals surface area contributed by atoms with E-state index in [1.807, 2.05) is 30.5 Å². The summed E-state index contributed by atoms with van der Waals surface area (Å²) in [7, 11) is 0. The molecule has 2 aromatic heterocycles. The minimum Gasteiger partial charge on any atom is -0.508 e. The summed E-state index contributed by atoms with van der Waals surface area (Å²) >= 11 is 5.83. The van der Waals surface area contributed by atoms with Crippen LogP contribution in [0.25, 0.3) is 5.69 Å². The molecule has 7 nitrogen and oxygen atoms in total. The molecule has 33 heavy (non-hydrogen) atoms. The first kappa shape index (κ1) is 21.9. The zero-order chi connectivity index (χ0) is 22.6.